The quantitative estimate of drug-likeness (QED) is 0.108. The zero-order valence-electron chi connectivity index (χ0n) is 32.9. The van der Waals surface area contributed by atoms with Crippen LogP contribution in [-0.2, 0) is 22.4 Å². The van der Waals surface area contributed by atoms with Crippen LogP contribution in [0.15, 0.2) is 170 Å². The highest BCUT2D eigenvalue weighted by atomic mass is 32.1. The molecule has 0 aliphatic carbocycles. The number of nitrogens with zero attached hydrogens (tertiary/aromatic N) is 4. The first-order valence-electron chi connectivity index (χ1n) is 19.9. The third-order valence-electron chi connectivity index (χ3n) is 10.4. The average molecular weight is 807 g/mol. The maximum Gasteiger partial charge on any atom is 0.305 e. The van der Waals surface area contributed by atoms with Gasteiger partial charge in [-0.2, -0.15) is 0 Å². The van der Waals surface area contributed by atoms with E-state index in [-0.39, 0.29) is 5.97 Å². The van der Waals surface area contributed by atoms with Gasteiger partial charge in [0.1, 0.15) is 10.0 Å². The molecule has 0 saturated carbocycles. The predicted molar refractivity (Wildman–Crippen MR) is 247 cm³/mol. The van der Waals surface area contributed by atoms with Gasteiger partial charge in [-0.15, -0.1) is 22.7 Å². The van der Waals surface area contributed by atoms with Gasteiger partial charge < -0.3 is 14.5 Å². The number of hydrogen-bond donors (Lipinski definition) is 0. The van der Waals surface area contributed by atoms with Crippen molar-refractivity contribution in [3.8, 4) is 21.1 Å². The number of fused-ring (bicyclic) bond motifs is 2. The Morgan fingerprint density at radius 1 is 0.508 bits per heavy atom. The second kappa shape index (κ2) is 17.1. The van der Waals surface area contributed by atoms with Crippen LogP contribution in [-0.4, -0.2) is 23.0 Å². The van der Waals surface area contributed by atoms with Crippen LogP contribution in [0.1, 0.15) is 30.9 Å². The molecule has 0 unspecified atom stereocenters. The Labute approximate surface area is 352 Å². The van der Waals surface area contributed by atoms with Crippen LogP contribution < -0.4 is 9.80 Å². The number of aromatic nitrogens is 2. The second-order valence-electron chi connectivity index (χ2n) is 14.4. The van der Waals surface area contributed by atoms with Gasteiger partial charge in [0.25, 0.3) is 0 Å². The van der Waals surface area contributed by atoms with Crippen molar-refractivity contribution in [1.82, 2.24) is 9.97 Å². The lowest BCUT2D eigenvalue weighted by Crippen LogP contribution is -2.10. The van der Waals surface area contributed by atoms with E-state index in [2.05, 4.69) is 181 Å². The van der Waals surface area contributed by atoms with Crippen molar-refractivity contribution in [3.63, 3.8) is 0 Å². The summed E-state index contributed by atoms with van der Waals surface area (Å²) >= 11 is 3.40. The highest BCUT2D eigenvalue weighted by Gasteiger charge is 2.17. The highest BCUT2D eigenvalue weighted by molar-refractivity contribution is 7.23. The lowest BCUT2D eigenvalue weighted by atomic mass is 10.1. The molecule has 7 aromatic carbocycles. The average Bonchev–Trinajstić information content (AvgIpc) is 3.91. The van der Waals surface area contributed by atoms with E-state index in [4.69, 9.17) is 14.7 Å². The van der Waals surface area contributed by atoms with Gasteiger partial charge in [-0.05, 0) is 133 Å². The summed E-state index contributed by atoms with van der Waals surface area (Å²) in [5, 5.41) is 1.97. The third-order valence-corrected chi connectivity index (χ3v) is 12.6. The van der Waals surface area contributed by atoms with Gasteiger partial charge in [-0.1, -0.05) is 74.0 Å². The van der Waals surface area contributed by atoms with Gasteiger partial charge in [-0.25, -0.2) is 9.97 Å². The van der Waals surface area contributed by atoms with Crippen molar-refractivity contribution < 1.29 is 9.53 Å². The summed E-state index contributed by atoms with van der Waals surface area (Å²) in [4.78, 5) is 26.4. The van der Waals surface area contributed by atoms with E-state index in [9.17, 15) is 4.79 Å². The van der Waals surface area contributed by atoms with Gasteiger partial charge in [0.05, 0.1) is 27.5 Å². The van der Waals surface area contributed by atoms with Gasteiger partial charge in [0.15, 0.2) is 0 Å². The SMILES string of the molecule is CCCc1ccc(N(c2ccccc2)c2ccc(-c3nc4cc5sc(-c6ccc(N(c7ccccc7)c7ccc(CCC(=O)OC)cc7)cc6)nc5cc4s3)cc2)cc1. The summed E-state index contributed by atoms with van der Waals surface area (Å²) in [5.74, 6) is -0.201. The summed E-state index contributed by atoms with van der Waals surface area (Å²) in [6, 6.07) is 59.9. The Bertz CT molecular complexity index is 2770. The number of carbonyl (C=O) groups excluding carboxylic acids is 1. The smallest absolute Gasteiger partial charge is 0.305 e. The fraction of sp³-hybridized carbons (Fsp3) is 0.118. The fourth-order valence-electron chi connectivity index (χ4n) is 7.41. The molecular weight excluding hydrogens is 765 g/mol. The lowest BCUT2D eigenvalue weighted by Gasteiger charge is -2.25. The van der Waals surface area contributed by atoms with Crippen LogP contribution in [0.25, 0.3) is 41.6 Å². The molecule has 0 aliphatic heterocycles. The van der Waals surface area contributed by atoms with Crippen LogP contribution in [0.3, 0.4) is 0 Å². The van der Waals surface area contributed by atoms with E-state index in [1.165, 1.54) is 12.7 Å². The van der Waals surface area contributed by atoms with Crippen molar-refractivity contribution in [1.29, 1.82) is 0 Å². The fourth-order valence-corrected chi connectivity index (χ4v) is 9.38. The predicted octanol–water partition coefficient (Wildman–Crippen LogP) is 14.2. The summed E-state index contributed by atoms with van der Waals surface area (Å²) < 4.78 is 7.06. The summed E-state index contributed by atoms with van der Waals surface area (Å²) in [6.45, 7) is 2.22. The van der Waals surface area contributed by atoms with E-state index in [0.717, 1.165) is 94.1 Å². The van der Waals surface area contributed by atoms with Gasteiger partial charge >= 0.3 is 5.97 Å². The number of ether oxygens (including phenoxy) is 1. The molecule has 0 bridgehead atoms. The Hall–Kier alpha value is -6.61. The van der Waals surface area contributed by atoms with Crippen LogP contribution >= 0.6 is 22.7 Å². The minimum absolute atomic E-state index is 0.201. The van der Waals surface area contributed by atoms with E-state index >= 15 is 0 Å². The molecule has 0 atom stereocenters. The number of hydrogen-bond acceptors (Lipinski definition) is 8. The molecule has 6 nitrogen and oxygen atoms in total. The molecule has 290 valence electrons. The summed E-state index contributed by atoms with van der Waals surface area (Å²) in [6.07, 6.45) is 3.22. The Kier molecular flexibility index (Phi) is 11.0. The zero-order chi connectivity index (χ0) is 40.1. The largest absolute Gasteiger partial charge is 0.469 e. The van der Waals surface area contributed by atoms with E-state index in [1.54, 1.807) is 22.7 Å². The number of anilines is 6. The number of esters is 1. The first-order chi connectivity index (χ1) is 29.0. The molecule has 59 heavy (non-hydrogen) atoms. The second-order valence-corrected chi connectivity index (χ2v) is 16.5. The molecule has 8 heteroatoms. The number of rotatable bonds is 13. The lowest BCUT2D eigenvalue weighted by molar-refractivity contribution is -0.140. The van der Waals surface area contributed by atoms with Gasteiger partial charge in [0.2, 0.25) is 0 Å². The highest BCUT2D eigenvalue weighted by Crippen LogP contribution is 2.41. The minimum Gasteiger partial charge on any atom is -0.469 e. The van der Waals surface area contributed by atoms with Crippen LogP contribution in [0, 0.1) is 0 Å². The Morgan fingerprint density at radius 3 is 1.27 bits per heavy atom. The molecule has 0 radical (unpaired) electrons. The van der Waals surface area contributed by atoms with Gasteiger partial charge in [-0.3, -0.25) is 4.79 Å². The Morgan fingerprint density at radius 2 is 0.881 bits per heavy atom. The number of methoxy groups -OCH3 is 1. The molecule has 0 fully saturated rings. The number of aryl methyl sites for hydroxylation is 2. The number of thiazole rings is 2. The normalized spacial score (nSPS) is 11.2. The van der Waals surface area contributed by atoms with Crippen LogP contribution in [0.4, 0.5) is 34.1 Å². The van der Waals surface area contributed by atoms with E-state index in [1.807, 2.05) is 6.07 Å². The molecule has 0 aliphatic rings. The van der Waals surface area contributed by atoms with E-state index in [0.29, 0.717) is 12.8 Å². The molecule has 2 aromatic heterocycles. The molecule has 9 aromatic rings. The first kappa shape index (κ1) is 37.9. The molecule has 0 saturated heterocycles. The van der Waals surface area contributed by atoms with Gasteiger partial charge in [0, 0.05) is 51.7 Å². The molecule has 0 N–H and O–H groups in total. The maximum atomic E-state index is 11.7. The van der Waals surface area contributed by atoms with Crippen LogP contribution in [0.5, 0.6) is 0 Å². The standard InChI is InChI=1S/C51H42N4O2S2/c1-3-10-35-15-24-41(25-16-35)54(39-11-6-4-7-12-39)43-28-20-37(21-29-43)50-52-45-33-48-46(34-47(45)58-50)53-51(59-48)38-22-30-44(31-23-38)55(40-13-8-5-9-14-40)42-26-17-36(18-27-42)19-32-49(56)57-2/h4-9,11-18,20-31,33-34H,3,10,19,32H2,1-2H3. The molecule has 0 spiro atoms. The molecule has 0 amide bonds. The van der Waals surface area contributed by atoms with Crippen LogP contribution in [0.2, 0.25) is 0 Å². The number of benzene rings is 7. The summed E-state index contributed by atoms with van der Waals surface area (Å²) in [7, 11) is 1.43. The number of para-hydroxylation sites is 2. The molecule has 2 heterocycles. The van der Waals surface area contributed by atoms with Crippen molar-refractivity contribution in [2.45, 2.75) is 32.6 Å². The topological polar surface area (TPSA) is 58.6 Å². The van der Waals surface area contributed by atoms with Crippen molar-refractivity contribution in [3.05, 3.63) is 181 Å². The summed E-state index contributed by atoms with van der Waals surface area (Å²) in [5.41, 5.74) is 13.1. The zero-order valence-corrected chi connectivity index (χ0v) is 34.5. The van der Waals surface area contributed by atoms with E-state index < -0.39 is 0 Å². The molecular formula is C51H42N4O2S2. The maximum absolute atomic E-state index is 11.7. The van der Waals surface area contributed by atoms with Crippen molar-refractivity contribution in [2.75, 3.05) is 16.9 Å². The monoisotopic (exact) mass is 806 g/mol. The first-order valence-corrected chi connectivity index (χ1v) is 21.5. The Balaban J connectivity index is 0.952. The van der Waals surface area contributed by atoms with Crippen molar-refractivity contribution >= 4 is 83.2 Å². The molecule has 9 rings (SSSR count). The van der Waals surface area contributed by atoms with Crippen molar-refractivity contribution in [2.24, 2.45) is 0 Å². The number of carbonyl (C=O) groups is 1. The third kappa shape index (κ3) is 8.23. The minimum atomic E-state index is -0.201.